The van der Waals surface area contributed by atoms with Crippen LogP contribution in [0.25, 0.3) is 0 Å². The minimum atomic E-state index is -0.390. The van der Waals surface area contributed by atoms with E-state index in [1.165, 1.54) is 0 Å². The minimum Gasteiger partial charge on any atom is -0.719 e. The van der Waals surface area contributed by atoms with E-state index in [1.807, 2.05) is 24.3 Å². The number of nitrogens with zero attached hydrogens (tertiary/aromatic N) is 2. The average Bonchev–Trinajstić information content (AvgIpc) is 2.75. The van der Waals surface area contributed by atoms with Crippen LogP contribution in [0.5, 0.6) is 11.5 Å². The Bertz CT molecular complexity index is 520. The molecule has 1 aliphatic rings. The van der Waals surface area contributed by atoms with Crippen molar-refractivity contribution in [2.24, 2.45) is 0 Å². The van der Waals surface area contributed by atoms with E-state index in [1.54, 1.807) is 0 Å². The third-order valence-corrected chi connectivity index (χ3v) is 2.37. The minimum absolute atomic E-state index is 0. The number of hydrogen-bond donors (Lipinski definition) is 0. The molecule has 2 aromatic rings. The van der Waals surface area contributed by atoms with Gasteiger partial charge in [-0.2, -0.15) is 0 Å². The molecule has 82 valence electrons. The predicted molar refractivity (Wildman–Crippen MR) is 55.2 cm³/mol. The third kappa shape index (κ3) is 2.80. The molecule has 1 aromatic carbocycles. The molecule has 0 bridgehead atoms. The van der Waals surface area contributed by atoms with Gasteiger partial charge in [0.15, 0.2) is 11.5 Å². The zero-order valence-corrected chi connectivity index (χ0v) is 13.1. The molecule has 0 N–H and O–H groups in total. The summed E-state index contributed by atoms with van der Waals surface area (Å²) >= 11 is 4.74. The summed E-state index contributed by atoms with van der Waals surface area (Å²) in [6.45, 7) is 0.341. The van der Waals surface area contributed by atoms with Gasteiger partial charge in [0.05, 0.1) is 5.22 Å². The zero-order valence-electron chi connectivity index (χ0n) is 9.12. The Morgan fingerprint density at radius 3 is 2.65 bits per heavy atom. The maximum atomic E-state index is 5.66. The van der Waals surface area contributed by atoms with Gasteiger partial charge >= 0.3 is 51.4 Å². The second-order valence-electron chi connectivity index (χ2n) is 3.27. The number of para-hydroxylation sites is 2. The second kappa shape index (κ2) is 5.64. The molecule has 0 radical (unpaired) electrons. The van der Waals surface area contributed by atoms with Crippen LogP contribution in [0, 0.1) is 0 Å². The summed E-state index contributed by atoms with van der Waals surface area (Å²) in [5.41, 5.74) is 0. The number of aromatic nitrogens is 2. The first-order chi connectivity index (χ1) is 7.83. The van der Waals surface area contributed by atoms with Gasteiger partial charge in [0.2, 0.25) is 6.10 Å². The van der Waals surface area contributed by atoms with Gasteiger partial charge in [-0.15, -0.1) is 10.2 Å². The summed E-state index contributed by atoms with van der Waals surface area (Å²) in [6.07, 6.45) is -0.390. The van der Waals surface area contributed by atoms with E-state index in [0.717, 1.165) is 5.75 Å². The van der Waals surface area contributed by atoms with E-state index >= 15 is 0 Å². The molecule has 0 aliphatic carbocycles. The number of hydrogen-bond acceptors (Lipinski definition) is 6. The van der Waals surface area contributed by atoms with Gasteiger partial charge in [-0.25, -0.2) is 0 Å². The summed E-state index contributed by atoms with van der Waals surface area (Å²) in [5.74, 6) is 1.74. The van der Waals surface area contributed by atoms with Crippen LogP contribution in [-0.2, 0) is 12.6 Å². The Hall–Kier alpha value is -0.184. The molecule has 5 nitrogen and oxygen atoms in total. The molecule has 1 unspecified atom stereocenters. The quantitative estimate of drug-likeness (QED) is 0.466. The Balaban J connectivity index is 0.00000108. The maximum absolute atomic E-state index is 5.66. The molecule has 0 spiro atoms. The van der Waals surface area contributed by atoms with Crippen LogP contribution in [0.15, 0.2) is 33.9 Å². The Morgan fingerprint density at radius 1 is 1.18 bits per heavy atom. The number of fused-ring (bicyclic) bond motifs is 1. The Labute approximate surface area is 146 Å². The molecule has 3 rings (SSSR count). The van der Waals surface area contributed by atoms with E-state index in [9.17, 15) is 0 Å². The van der Waals surface area contributed by atoms with Gasteiger partial charge in [0.1, 0.15) is 6.61 Å². The van der Waals surface area contributed by atoms with Crippen molar-refractivity contribution in [2.75, 3.05) is 6.61 Å². The molecule has 17 heavy (non-hydrogen) atoms. The Morgan fingerprint density at radius 2 is 1.94 bits per heavy atom. The smallest absolute Gasteiger partial charge is 0.719 e. The number of ether oxygens (including phenoxy) is 2. The summed E-state index contributed by atoms with van der Waals surface area (Å²) in [7, 11) is 0. The molecule has 0 saturated heterocycles. The van der Waals surface area contributed by atoms with Crippen LogP contribution in [0.2, 0.25) is 0 Å². The molecule has 1 aliphatic heterocycles. The molecule has 0 fully saturated rings. The van der Waals surface area contributed by atoms with Crippen molar-refractivity contribution >= 4 is 12.6 Å². The van der Waals surface area contributed by atoms with Gasteiger partial charge in [0.25, 0.3) is 5.89 Å². The van der Waals surface area contributed by atoms with E-state index in [0.29, 0.717) is 18.2 Å². The second-order valence-corrected chi connectivity index (χ2v) is 3.62. The SMILES string of the molecule is [K+].[S-]c1nnc(C2COc3ccccc3O2)o1. The predicted octanol–water partition coefficient (Wildman–Crippen LogP) is -1.51. The zero-order chi connectivity index (χ0) is 11.0. The van der Waals surface area contributed by atoms with E-state index in [4.69, 9.17) is 26.5 Å². The molecule has 0 amide bonds. The van der Waals surface area contributed by atoms with E-state index < -0.39 is 0 Å². The average molecular weight is 274 g/mol. The topological polar surface area (TPSA) is 57.4 Å². The monoisotopic (exact) mass is 274 g/mol. The summed E-state index contributed by atoms with van der Waals surface area (Å²) in [6, 6.07) is 7.43. The van der Waals surface area contributed by atoms with Crippen LogP contribution in [0.1, 0.15) is 12.0 Å². The fraction of sp³-hybridized carbons (Fsp3) is 0.200. The van der Waals surface area contributed by atoms with Crippen molar-refractivity contribution in [1.29, 1.82) is 0 Å². The maximum Gasteiger partial charge on any atom is 1.00 e. The van der Waals surface area contributed by atoms with Gasteiger partial charge in [-0.1, -0.05) is 12.1 Å². The van der Waals surface area contributed by atoms with E-state index in [2.05, 4.69) is 10.2 Å². The standard InChI is InChI=1S/C10H8N2O3S.K/c16-10-12-11-9(15-10)8-5-13-6-3-1-2-4-7(6)14-8;/h1-4,8H,5H2,(H,12,16);/q;+1/p-1. The van der Waals surface area contributed by atoms with Crippen LogP contribution in [0.3, 0.4) is 0 Å². The molecule has 0 saturated carbocycles. The molecular weight excluding hydrogens is 267 g/mol. The van der Waals surface area contributed by atoms with Crippen molar-refractivity contribution in [3.8, 4) is 11.5 Å². The first-order valence-corrected chi connectivity index (χ1v) is 5.12. The van der Waals surface area contributed by atoms with E-state index in [-0.39, 0.29) is 62.7 Å². The Kier molecular flexibility index (Phi) is 4.40. The molecular formula is C10H7KN2O3S. The molecule has 1 aromatic heterocycles. The van der Waals surface area contributed by atoms with Gasteiger partial charge in [-0.3, -0.25) is 0 Å². The van der Waals surface area contributed by atoms with Crippen molar-refractivity contribution < 1.29 is 65.3 Å². The van der Waals surface area contributed by atoms with Gasteiger partial charge in [-0.05, 0) is 12.1 Å². The molecule has 7 heteroatoms. The van der Waals surface area contributed by atoms with Gasteiger partial charge < -0.3 is 26.5 Å². The summed E-state index contributed by atoms with van der Waals surface area (Å²) in [4.78, 5) is 0. The number of rotatable bonds is 1. The van der Waals surface area contributed by atoms with Crippen molar-refractivity contribution in [1.82, 2.24) is 10.2 Å². The van der Waals surface area contributed by atoms with Crippen molar-refractivity contribution in [3.05, 3.63) is 30.2 Å². The fourth-order valence-corrected chi connectivity index (χ4v) is 1.62. The van der Waals surface area contributed by atoms with Crippen LogP contribution in [-0.4, -0.2) is 16.8 Å². The van der Waals surface area contributed by atoms with Crippen LogP contribution >= 0.6 is 0 Å². The largest absolute Gasteiger partial charge is 1.00 e. The van der Waals surface area contributed by atoms with Crippen molar-refractivity contribution in [3.63, 3.8) is 0 Å². The fourth-order valence-electron chi connectivity index (χ4n) is 1.49. The third-order valence-electron chi connectivity index (χ3n) is 2.21. The molecule has 2 heterocycles. The van der Waals surface area contributed by atoms with Crippen LogP contribution in [0.4, 0.5) is 0 Å². The molecule has 1 atom stereocenters. The first-order valence-electron chi connectivity index (χ1n) is 4.72. The van der Waals surface area contributed by atoms with Crippen molar-refractivity contribution in [2.45, 2.75) is 11.3 Å². The van der Waals surface area contributed by atoms with Crippen LogP contribution < -0.4 is 60.9 Å². The summed E-state index contributed by atoms with van der Waals surface area (Å²) < 4.78 is 16.3. The van der Waals surface area contributed by atoms with Gasteiger partial charge in [0, 0.05) is 0 Å². The number of benzene rings is 1. The summed E-state index contributed by atoms with van der Waals surface area (Å²) in [5, 5.41) is 7.51. The first kappa shape index (κ1) is 13.3. The normalized spacial score (nSPS) is 17.3.